The van der Waals surface area contributed by atoms with E-state index in [0.717, 1.165) is 34.8 Å². The van der Waals surface area contributed by atoms with E-state index in [1.54, 1.807) is 12.0 Å². The third-order valence-corrected chi connectivity index (χ3v) is 7.22. The summed E-state index contributed by atoms with van der Waals surface area (Å²) in [5, 5.41) is 2.97. The molecule has 1 atom stereocenters. The van der Waals surface area contributed by atoms with Crippen LogP contribution in [0.3, 0.4) is 0 Å². The zero-order valence-corrected chi connectivity index (χ0v) is 22.8. The number of hydrogen-bond acceptors (Lipinski definition) is 3. The highest BCUT2D eigenvalue weighted by atomic mass is 16.5. The van der Waals surface area contributed by atoms with Crippen molar-refractivity contribution >= 4 is 23.3 Å². The average Bonchev–Trinajstić information content (AvgIpc) is 3.45. The molecule has 200 valence electrons. The molecular formula is C32H34N4O3. The van der Waals surface area contributed by atoms with Crippen LogP contribution in [0.1, 0.15) is 43.6 Å². The number of rotatable bonds is 7. The summed E-state index contributed by atoms with van der Waals surface area (Å²) in [5.41, 5.74) is 5.55. The van der Waals surface area contributed by atoms with E-state index < -0.39 is 0 Å². The van der Waals surface area contributed by atoms with Crippen LogP contribution in [0.15, 0.2) is 91.1 Å². The van der Waals surface area contributed by atoms with Crippen LogP contribution in [0.25, 0.3) is 5.69 Å². The molecule has 39 heavy (non-hydrogen) atoms. The lowest BCUT2D eigenvalue weighted by Crippen LogP contribution is -2.49. The fourth-order valence-electron chi connectivity index (χ4n) is 5.09. The first-order chi connectivity index (χ1) is 18.9. The number of aryl methyl sites for hydroxylation is 1. The van der Waals surface area contributed by atoms with Gasteiger partial charge in [0.1, 0.15) is 18.3 Å². The summed E-state index contributed by atoms with van der Waals surface area (Å²) in [6.07, 6.45) is 2.95. The first kappa shape index (κ1) is 26.1. The van der Waals surface area contributed by atoms with Crippen LogP contribution in [0.5, 0.6) is 5.75 Å². The first-order valence-electron chi connectivity index (χ1n) is 13.3. The van der Waals surface area contributed by atoms with Gasteiger partial charge in [-0.25, -0.2) is 4.79 Å². The number of ether oxygens (including phenoxy) is 1. The minimum absolute atomic E-state index is 0.0712. The SMILES string of the molecule is CCc1ccc(NC(=O)N(CC(=O)N2c3ccccc3-n3cccc3C2c2ccc(OC)cc2)C(C)C)cc1. The van der Waals surface area contributed by atoms with Gasteiger partial charge in [-0.1, -0.05) is 43.3 Å². The highest BCUT2D eigenvalue weighted by Gasteiger charge is 2.37. The molecule has 0 fully saturated rings. The summed E-state index contributed by atoms with van der Waals surface area (Å²) in [7, 11) is 1.64. The number of urea groups is 1. The number of methoxy groups -OCH3 is 1. The number of aromatic nitrogens is 1. The number of fused-ring (bicyclic) bond motifs is 3. The molecule has 2 heterocycles. The van der Waals surface area contributed by atoms with Crippen molar-refractivity contribution in [1.82, 2.24) is 9.47 Å². The van der Waals surface area contributed by atoms with Crippen LogP contribution >= 0.6 is 0 Å². The molecule has 1 N–H and O–H groups in total. The van der Waals surface area contributed by atoms with Gasteiger partial charge in [0.15, 0.2) is 0 Å². The number of benzene rings is 3. The van der Waals surface area contributed by atoms with E-state index >= 15 is 0 Å². The summed E-state index contributed by atoms with van der Waals surface area (Å²) in [4.78, 5) is 31.0. The van der Waals surface area contributed by atoms with Crippen molar-refractivity contribution in [1.29, 1.82) is 0 Å². The lowest BCUT2D eigenvalue weighted by Gasteiger charge is -2.40. The molecule has 3 aromatic carbocycles. The predicted octanol–water partition coefficient (Wildman–Crippen LogP) is 6.43. The third kappa shape index (κ3) is 5.12. The first-order valence-corrected chi connectivity index (χ1v) is 13.3. The Labute approximate surface area is 229 Å². The molecule has 0 saturated heterocycles. The largest absolute Gasteiger partial charge is 0.497 e. The fraction of sp³-hybridized carbons (Fsp3) is 0.250. The normalized spacial score (nSPS) is 14.0. The Kier molecular flexibility index (Phi) is 7.41. The molecular weight excluding hydrogens is 488 g/mol. The minimum Gasteiger partial charge on any atom is -0.497 e. The van der Waals surface area contributed by atoms with Gasteiger partial charge < -0.3 is 19.5 Å². The van der Waals surface area contributed by atoms with Gasteiger partial charge in [-0.05, 0) is 79.9 Å². The van der Waals surface area contributed by atoms with Crippen LogP contribution < -0.4 is 15.0 Å². The average molecular weight is 523 g/mol. The maximum Gasteiger partial charge on any atom is 0.322 e. The zero-order valence-electron chi connectivity index (χ0n) is 22.8. The monoisotopic (exact) mass is 522 g/mol. The minimum atomic E-state index is -0.369. The molecule has 3 amide bonds. The van der Waals surface area contributed by atoms with Crippen molar-refractivity contribution in [3.8, 4) is 11.4 Å². The van der Waals surface area contributed by atoms with Gasteiger partial charge in [-0.3, -0.25) is 9.69 Å². The van der Waals surface area contributed by atoms with Gasteiger partial charge in [0.25, 0.3) is 0 Å². The quantitative estimate of drug-likeness (QED) is 0.304. The van der Waals surface area contributed by atoms with E-state index in [1.165, 1.54) is 5.56 Å². The molecule has 0 aliphatic carbocycles. The summed E-state index contributed by atoms with van der Waals surface area (Å²) in [6.45, 7) is 5.86. The Balaban J connectivity index is 1.49. The molecule has 1 unspecified atom stereocenters. The Morgan fingerprint density at radius 3 is 2.26 bits per heavy atom. The Hall–Kier alpha value is -4.52. The molecule has 7 heteroatoms. The van der Waals surface area contributed by atoms with E-state index in [-0.39, 0.29) is 30.6 Å². The van der Waals surface area contributed by atoms with Gasteiger partial charge in [0, 0.05) is 17.9 Å². The molecule has 1 aliphatic rings. The Morgan fingerprint density at radius 1 is 0.923 bits per heavy atom. The number of carbonyl (C=O) groups is 2. The third-order valence-electron chi connectivity index (χ3n) is 7.22. The number of nitrogens with zero attached hydrogens (tertiary/aromatic N) is 3. The second-order valence-corrected chi connectivity index (χ2v) is 9.93. The molecule has 5 rings (SSSR count). The molecule has 0 saturated carbocycles. The van der Waals surface area contributed by atoms with Crippen LogP contribution in [-0.2, 0) is 11.2 Å². The maximum atomic E-state index is 14.2. The number of carbonyl (C=O) groups excluding carboxylic acids is 2. The molecule has 1 aliphatic heterocycles. The van der Waals surface area contributed by atoms with Crippen LogP contribution in [0.2, 0.25) is 0 Å². The van der Waals surface area contributed by atoms with Gasteiger partial charge in [-0.15, -0.1) is 0 Å². The molecule has 0 radical (unpaired) electrons. The van der Waals surface area contributed by atoms with E-state index in [0.29, 0.717) is 5.69 Å². The summed E-state index contributed by atoms with van der Waals surface area (Å²) in [6, 6.07) is 26.6. The number of amides is 3. The van der Waals surface area contributed by atoms with Crippen LogP contribution in [-0.4, -0.2) is 41.1 Å². The highest BCUT2D eigenvalue weighted by molar-refractivity contribution is 6.01. The summed E-state index contributed by atoms with van der Waals surface area (Å²) >= 11 is 0. The standard InChI is InChI=1S/C32H34N4O3/c1-5-23-12-16-25(17-13-23)33-32(38)35(22(2)3)21-30(37)36-28-10-7-6-9-27(28)34-20-8-11-29(34)31(36)24-14-18-26(39-4)19-15-24/h6-20,22,31H,5,21H2,1-4H3,(H,33,38). The lowest BCUT2D eigenvalue weighted by atomic mass is 9.97. The van der Waals surface area contributed by atoms with Crippen molar-refractivity contribution < 1.29 is 14.3 Å². The van der Waals surface area contributed by atoms with Crippen LogP contribution in [0.4, 0.5) is 16.2 Å². The fourth-order valence-corrected chi connectivity index (χ4v) is 5.09. The van der Waals surface area contributed by atoms with E-state index in [4.69, 9.17) is 4.74 Å². The lowest BCUT2D eigenvalue weighted by molar-refractivity contribution is -0.119. The van der Waals surface area contributed by atoms with E-state index in [1.807, 2.05) is 110 Å². The van der Waals surface area contributed by atoms with Crippen molar-refractivity contribution in [2.75, 3.05) is 23.9 Å². The number of para-hydroxylation sites is 2. The molecule has 0 spiro atoms. The number of hydrogen-bond donors (Lipinski definition) is 1. The number of nitrogens with one attached hydrogen (secondary N) is 1. The van der Waals surface area contributed by atoms with Crippen LogP contribution in [0, 0.1) is 0 Å². The predicted molar refractivity (Wildman–Crippen MR) is 155 cm³/mol. The highest BCUT2D eigenvalue weighted by Crippen LogP contribution is 2.42. The van der Waals surface area contributed by atoms with E-state index in [2.05, 4.69) is 16.8 Å². The van der Waals surface area contributed by atoms with E-state index in [9.17, 15) is 9.59 Å². The Morgan fingerprint density at radius 2 is 1.62 bits per heavy atom. The molecule has 1 aromatic heterocycles. The number of anilines is 2. The van der Waals surface area contributed by atoms with Gasteiger partial charge in [0.2, 0.25) is 5.91 Å². The second-order valence-electron chi connectivity index (χ2n) is 9.93. The van der Waals surface area contributed by atoms with Gasteiger partial charge in [0.05, 0.1) is 24.2 Å². The topological polar surface area (TPSA) is 66.8 Å². The molecule has 0 bridgehead atoms. The summed E-state index contributed by atoms with van der Waals surface area (Å²) < 4.78 is 7.50. The maximum absolute atomic E-state index is 14.2. The molecule has 7 nitrogen and oxygen atoms in total. The second kappa shape index (κ2) is 11.1. The van der Waals surface area contributed by atoms with Crippen molar-refractivity contribution in [2.24, 2.45) is 0 Å². The smallest absolute Gasteiger partial charge is 0.322 e. The summed E-state index contributed by atoms with van der Waals surface area (Å²) in [5.74, 6) is 0.582. The van der Waals surface area contributed by atoms with Gasteiger partial charge >= 0.3 is 6.03 Å². The van der Waals surface area contributed by atoms with Crippen molar-refractivity contribution in [3.05, 3.63) is 108 Å². The van der Waals surface area contributed by atoms with Gasteiger partial charge in [-0.2, -0.15) is 0 Å². The molecule has 4 aromatic rings. The Bertz CT molecular complexity index is 1460. The zero-order chi connectivity index (χ0) is 27.5. The van der Waals surface area contributed by atoms with Crippen molar-refractivity contribution in [2.45, 2.75) is 39.3 Å². The van der Waals surface area contributed by atoms with Crippen molar-refractivity contribution in [3.63, 3.8) is 0 Å².